The highest BCUT2D eigenvalue weighted by Crippen LogP contribution is 2.60. The number of rotatable bonds is 13. The van der Waals surface area contributed by atoms with E-state index < -0.39 is 138 Å². The number of carbonyl (C=O) groups excluding carboxylic acids is 9. The molecule has 24 heteroatoms. The van der Waals surface area contributed by atoms with Crippen LogP contribution in [-0.2, 0) is 59.8 Å². The molecule has 0 aliphatic carbocycles. The fourth-order valence-corrected chi connectivity index (χ4v) is 10.8. The van der Waals surface area contributed by atoms with Crippen molar-refractivity contribution in [1.29, 1.82) is 0 Å². The first-order valence-corrected chi connectivity index (χ1v) is 27.2. The van der Waals surface area contributed by atoms with Crippen molar-refractivity contribution in [3.63, 3.8) is 0 Å². The monoisotopic (exact) mass is 1100 g/mol. The van der Waals surface area contributed by atoms with Gasteiger partial charge in [0.15, 0.2) is 12.3 Å². The Morgan fingerprint density at radius 3 is 2.23 bits per heavy atom. The van der Waals surface area contributed by atoms with E-state index in [-0.39, 0.29) is 60.8 Å². The zero-order valence-electron chi connectivity index (χ0n) is 45.4. The molecule has 12 N–H and O–H groups in total. The molecule has 24 nitrogen and oxygen atoms in total. The Kier molecular flexibility index (Phi) is 18.9. The van der Waals surface area contributed by atoms with E-state index in [1.54, 1.807) is 37.3 Å². The van der Waals surface area contributed by atoms with Crippen LogP contribution < -0.4 is 62.6 Å². The Morgan fingerprint density at radius 2 is 1.51 bits per heavy atom. The molecule has 7 rings (SSSR count). The van der Waals surface area contributed by atoms with Gasteiger partial charge in [0.1, 0.15) is 53.4 Å². The maximum Gasteiger partial charge on any atom is 0.330 e. The number of aliphatic carboxylic acids is 1. The van der Waals surface area contributed by atoms with E-state index in [0.717, 1.165) is 32.1 Å². The van der Waals surface area contributed by atoms with Crippen LogP contribution >= 0.6 is 0 Å². The van der Waals surface area contributed by atoms with Gasteiger partial charge >= 0.3 is 5.97 Å². The molecule has 5 aliphatic rings. The Hall–Kier alpha value is -7.76. The number of fused-ring (bicyclic) bond motifs is 4. The minimum Gasteiger partial charge on any atom is -0.483 e. The summed E-state index contributed by atoms with van der Waals surface area (Å²) in [5, 5.41) is 49.6. The number of allylic oxidation sites excluding steroid dienone is 2. The topological polar surface area (TPSA) is 350 Å². The van der Waals surface area contributed by atoms with Crippen molar-refractivity contribution < 1.29 is 67.6 Å². The maximum atomic E-state index is 14.6. The number of unbranched alkanes of at least 4 members (excludes halogenated alkanes) is 4. The van der Waals surface area contributed by atoms with Gasteiger partial charge < -0.3 is 72.9 Å². The number of carboxylic acid groups (broad SMARTS) is 1. The number of carbonyl (C=O) groups is 10. The summed E-state index contributed by atoms with van der Waals surface area (Å²) in [5.41, 5.74) is -1.58. The molecule has 0 aromatic heterocycles. The Bertz CT molecular complexity index is 2750. The molecule has 2 aromatic carbocycles. The van der Waals surface area contributed by atoms with Gasteiger partial charge in [0.2, 0.25) is 53.2 Å². The summed E-state index contributed by atoms with van der Waals surface area (Å²) in [6.07, 6.45) is 6.65. The van der Waals surface area contributed by atoms with Gasteiger partial charge in [-0.25, -0.2) is 4.79 Å². The molecule has 11 atom stereocenters. The van der Waals surface area contributed by atoms with Gasteiger partial charge in [0, 0.05) is 12.0 Å². The maximum absolute atomic E-state index is 14.6. The van der Waals surface area contributed by atoms with Crippen molar-refractivity contribution in [3.05, 3.63) is 64.7 Å². The van der Waals surface area contributed by atoms with Crippen molar-refractivity contribution in [3.8, 4) is 11.5 Å². The molecule has 5 aliphatic heterocycles. The lowest BCUT2D eigenvalue weighted by atomic mass is 9.70. The summed E-state index contributed by atoms with van der Waals surface area (Å²) in [6.45, 7) is 7.86. The Morgan fingerprint density at radius 1 is 0.810 bits per heavy atom. The highest BCUT2D eigenvalue weighted by atomic mass is 16.5. The number of benzene rings is 2. The fraction of sp³-hybridized carbons (Fsp3) is 0.564. The zero-order chi connectivity index (χ0) is 57.3. The summed E-state index contributed by atoms with van der Waals surface area (Å²) in [4.78, 5) is 137. The van der Waals surface area contributed by atoms with Crippen molar-refractivity contribution in [2.24, 2.45) is 5.92 Å². The summed E-state index contributed by atoms with van der Waals surface area (Å²) in [7, 11) is 0. The van der Waals surface area contributed by atoms with Gasteiger partial charge in [-0.2, -0.15) is 0 Å². The molecule has 0 saturated heterocycles. The number of anilines is 1. The second-order valence-corrected chi connectivity index (χ2v) is 21.4. The second kappa shape index (κ2) is 25.4. The van der Waals surface area contributed by atoms with Crippen molar-refractivity contribution in [1.82, 2.24) is 47.9 Å². The number of nitrogens with one attached hydrogen (secondary N) is 10. The highest BCUT2D eigenvalue weighted by Gasteiger charge is 2.59. The molecular weight excluding hydrogens is 1020 g/mol. The number of hydrogen-bond acceptors (Lipinski definition) is 14. The van der Waals surface area contributed by atoms with Crippen LogP contribution in [0, 0.1) is 5.92 Å². The van der Waals surface area contributed by atoms with Crippen LogP contribution in [-0.4, -0.2) is 137 Å². The lowest BCUT2D eigenvalue weighted by Crippen LogP contribution is -2.59. The largest absolute Gasteiger partial charge is 0.483 e. The van der Waals surface area contributed by atoms with Gasteiger partial charge in [0.25, 0.3) is 0 Å². The highest BCUT2D eigenvalue weighted by molar-refractivity contribution is 5.97. The van der Waals surface area contributed by atoms with Gasteiger partial charge in [-0.05, 0) is 113 Å². The molecular formula is C55H74N10O14. The second-order valence-electron chi connectivity index (χ2n) is 21.4. The first kappa shape index (κ1) is 58.9. The molecule has 9 amide bonds. The number of aliphatic hydroxyl groups is 1. The van der Waals surface area contributed by atoms with Crippen LogP contribution in [0.2, 0.25) is 0 Å². The lowest BCUT2D eigenvalue weighted by molar-refractivity contribution is -0.148. The number of ether oxygens (including phenoxy) is 2. The van der Waals surface area contributed by atoms with Crippen LogP contribution in [0.5, 0.6) is 11.5 Å². The number of carboxylic acids is 1. The first-order valence-electron chi connectivity index (χ1n) is 27.2. The van der Waals surface area contributed by atoms with Gasteiger partial charge in [-0.1, -0.05) is 57.9 Å². The number of hydrogen-bond donors (Lipinski definition) is 12. The Balaban J connectivity index is 1.32. The molecule has 1 spiro atoms. The third-order valence-corrected chi connectivity index (χ3v) is 15.3. The van der Waals surface area contributed by atoms with E-state index in [2.05, 4.69) is 72.2 Å². The summed E-state index contributed by atoms with van der Waals surface area (Å²) in [5.74, 6) is -8.65. The quantitative estimate of drug-likeness (QED) is 0.0954. The number of amides is 9. The molecule has 79 heavy (non-hydrogen) atoms. The van der Waals surface area contributed by atoms with Gasteiger partial charge in [0.05, 0.1) is 30.7 Å². The van der Waals surface area contributed by atoms with Crippen molar-refractivity contribution in [2.45, 2.75) is 172 Å². The minimum absolute atomic E-state index is 0.0278. The molecule has 5 heterocycles. The van der Waals surface area contributed by atoms with E-state index in [1.165, 1.54) is 20.8 Å². The predicted octanol–water partition coefficient (Wildman–Crippen LogP) is 0.386. The average Bonchev–Trinajstić information content (AvgIpc) is 3.30. The zero-order valence-corrected chi connectivity index (χ0v) is 45.4. The van der Waals surface area contributed by atoms with E-state index in [4.69, 9.17) is 9.47 Å². The molecule has 0 unspecified atom stereocenters. The summed E-state index contributed by atoms with van der Waals surface area (Å²) < 4.78 is 13.6. The van der Waals surface area contributed by atoms with E-state index >= 15 is 0 Å². The standard InChI is InChI=1S/C55H74N10O14/c1-7-9-10-11-12-13-14-15-19-38(66)59-29(4)47(71)61-35-21-28(3)20-32-22-31-23-34-45(32)78-53-55(34)24-36(62-48(72)30(5)60-40(68)27-58-51(75)43(44(31)70)64-50(35)74)49(73)57-25-39(67)56-26-41(69)63-46(52(76)77)54(6,8-2)79-37-18-16-17-33(55)42(37)65-53/h11-12,16-18,22-23,28-30,35-36,43-44,46,53,65,70H,7-10,13-15,19-21,24-27H2,1-6H3,(H,56,67)(H,57,73)(H,58,75)(H,59,66)(H,60,68)(H,61,71)(H,62,72)(H,63,69)(H,64,74)(H,76,77)/b12-11+/t28-,29-,30-,35-,36-,43-,44+,46+,53+,54+,55-/m0/s1. The average molecular weight is 1100 g/mol. The third-order valence-electron chi connectivity index (χ3n) is 15.3. The fourth-order valence-electron chi connectivity index (χ4n) is 10.8. The minimum atomic E-state index is -1.86. The number of aliphatic hydroxyl groups excluding tert-OH is 1. The van der Waals surface area contributed by atoms with Crippen LogP contribution in [0.1, 0.15) is 134 Å². The lowest BCUT2D eigenvalue weighted by Gasteiger charge is -2.36. The summed E-state index contributed by atoms with van der Waals surface area (Å²) >= 11 is 0. The first-order chi connectivity index (χ1) is 37.6. The van der Waals surface area contributed by atoms with Crippen LogP contribution in [0.25, 0.3) is 0 Å². The van der Waals surface area contributed by atoms with Crippen LogP contribution in [0.15, 0.2) is 42.5 Å². The molecule has 2 aromatic rings. The predicted molar refractivity (Wildman–Crippen MR) is 285 cm³/mol. The summed E-state index contributed by atoms with van der Waals surface area (Å²) in [6, 6.07) is -0.619. The van der Waals surface area contributed by atoms with Crippen LogP contribution in [0.4, 0.5) is 5.69 Å². The molecule has 9 bridgehead atoms. The van der Waals surface area contributed by atoms with Crippen LogP contribution in [0.3, 0.4) is 0 Å². The smallest absolute Gasteiger partial charge is 0.330 e. The molecule has 428 valence electrons. The number of para-hydroxylation sites is 1. The van der Waals surface area contributed by atoms with E-state index in [9.17, 15) is 58.2 Å². The third kappa shape index (κ3) is 13.4. The van der Waals surface area contributed by atoms with Crippen molar-refractivity contribution in [2.75, 3.05) is 25.0 Å². The Labute approximate surface area is 457 Å². The molecule has 0 fully saturated rings. The molecule has 0 saturated carbocycles. The SMILES string of the molecule is CCCC/C=C/CCCCC(=O)N[C@@H](C)C(=O)N[C@H]1C[C@@H](C)Cc2cc3cc4c2O[C@H]2Nc5c6cccc5[C@@]42C[C@H](NC(=O)[C@H](C)NC(=O)CNC(=O)[C@@H](NC1=O)[C@@H]3O)C(=O)NCC(=O)NCC(=O)N[C@H](C(=O)O)[C@@](C)(CC)O6. The normalized spacial score (nSPS) is 28.7. The van der Waals surface area contributed by atoms with Gasteiger partial charge in [-0.3, -0.25) is 43.2 Å². The van der Waals surface area contributed by atoms with E-state index in [0.29, 0.717) is 23.1 Å². The molecule has 0 radical (unpaired) electrons. The van der Waals surface area contributed by atoms with Crippen molar-refractivity contribution >= 4 is 64.8 Å². The van der Waals surface area contributed by atoms with Gasteiger partial charge in [-0.15, -0.1) is 0 Å². The van der Waals surface area contributed by atoms with E-state index in [1.807, 2.05) is 6.92 Å².